The van der Waals surface area contributed by atoms with E-state index in [0.29, 0.717) is 12.4 Å². The summed E-state index contributed by atoms with van der Waals surface area (Å²) in [7, 11) is 1.56. The highest BCUT2D eigenvalue weighted by Gasteiger charge is 2.07. The number of hydrogen-bond donors (Lipinski definition) is 2. The standard InChI is InChI=1S/C19H18N4O2/c1-20-19(24)16-11-12-18(23-22-16)21-13-14-7-5-6-10-17(14)25-15-8-3-2-4-9-15/h2-12H,13H2,1H3,(H,20,24)(H,21,23). The van der Waals surface area contributed by atoms with Crippen molar-refractivity contribution in [3.63, 3.8) is 0 Å². The molecule has 1 aromatic heterocycles. The number of amides is 1. The highest BCUT2D eigenvalue weighted by atomic mass is 16.5. The summed E-state index contributed by atoms with van der Waals surface area (Å²) in [5, 5.41) is 13.6. The Kier molecular flexibility index (Phi) is 5.21. The molecule has 1 heterocycles. The van der Waals surface area contributed by atoms with Crippen LogP contribution in [0.4, 0.5) is 5.82 Å². The number of para-hydroxylation sites is 2. The van der Waals surface area contributed by atoms with Gasteiger partial charge in [-0.3, -0.25) is 4.79 Å². The number of nitrogens with zero attached hydrogens (tertiary/aromatic N) is 2. The van der Waals surface area contributed by atoms with Crippen molar-refractivity contribution in [2.24, 2.45) is 0 Å². The average Bonchev–Trinajstić information content (AvgIpc) is 2.68. The molecule has 0 saturated heterocycles. The summed E-state index contributed by atoms with van der Waals surface area (Å²) >= 11 is 0. The molecule has 6 nitrogen and oxygen atoms in total. The van der Waals surface area contributed by atoms with Crippen molar-refractivity contribution in [2.75, 3.05) is 12.4 Å². The molecule has 3 aromatic rings. The van der Waals surface area contributed by atoms with Gasteiger partial charge in [0, 0.05) is 19.2 Å². The third-order valence-electron chi connectivity index (χ3n) is 3.53. The molecule has 2 N–H and O–H groups in total. The van der Waals surface area contributed by atoms with E-state index in [4.69, 9.17) is 4.74 Å². The first-order chi connectivity index (χ1) is 12.3. The predicted octanol–water partition coefficient (Wildman–Crippen LogP) is 3.24. The molecule has 1 amide bonds. The van der Waals surface area contributed by atoms with Gasteiger partial charge in [-0.2, -0.15) is 0 Å². The molecule has 3 rings (SSSR count). The van der Waals surface area contributed by atoms with Crippen LogP contribution in [-0.4, -0.2) is 23.2 Å². The summed E-state index contributed by atoms with van der Waals surface area (Å²) in [4.78, 5) is 11.5. The average molecular weight is 334 g/mol. The summed E-state index contributed by atoms with van der Waals surface area (Å²) in [5.41, 5.74) is 1.27. The van der Waals surface area contributed by atoms with Gasteiger partial charge in [-0.05, 0) is 30.3 Å². The maximum Gasteiger partial charge on any atom is 0.271 e. The number of benzene rings is 2. The SMILES string of the molecule is CNC(=O)c1ccc(NCc2ccccc2Oc2ccccc2)nn1. The Balaban J connectivity index is 1.68. The topological polar surface area (TPSA) is 76.1 Å². The minimum absolute atomic E-state index is 0.263. The van der Waals surface area contributed by atoms with Crippen LogP contribution in [0.2, 0.25) is 0 Å². The van der Waals surface area contributed by atoms with Gasteiger partial charge in [0.25, 0.3) is 5.91 Å². The van der Waals surface area contributed by atoms with Crippen LogP contribution >= 0.6 is 0 Å². The minimum Gasteiger partial charge on any atom is -0.457 e. The quantitative estimate of drug-likeness (QED) is 0.724. The van der Waals surface area contributed by atoms with E-state index in [1.165, 1.54) is 0 Å². The van der Waals surface area contributed by atoms with Crippen molar-refractivity contribution in [3.05, 3.63) is 78.0 Å². The van der Waals surface area contributed by atoms with E-state index >= 15 is 0 Å². The Bertz CT molecular complexity index is 836. The van der Waals surface area contributed by atoms with Crippen molar-refractivity contribution < 1.29 is 9.53 Å². The smallest absolute Gasteiger partial charge is 0.271 e. The van der Waals surface area contributed by atoms with E-state index in [-0.39, 0.29) is 11.6 Å². The van der Waals surface area contributed by atoms with Gasteiger partial charge in [0.2, 0.25) is 0 Å². The highest BCUT2D eigenvalue weighted by Crippen LogP contribution is 2.25. The Labute approximate surface area is 145 Å². The molecule has 0 saturated carbocycles. The molecule has 0 aliphatic rings. The van der Waals surface area contributed by atoms with Crippen molar-refractivity contribution in [2.45, 2.75) is 6.54 Å². The molecule has 0 unspecified atom stereocenters. The number of hydrogen-bond acceptors (Lipinski definition) is 5. The second-order valence-corrected chi connectivity index (χ2v) is 5.26. The Morgan fingerprint density at radius 2 is 1.72 bits per heavy atom. The van der Waals surface area contributed by atoms with E-state index in [2.05, 4.69) is 20.8 Å². The van der Waals surface area contributed by atoms with Gasteiger partial charge in [0.1, 0.15) is 17.3 Å². The molecule has 0 aliphatic heterocycles. The van der Waals surface area contributed by atoms with Crippen LogP contribution in [0.1, 0.15) is 16.1 Å². The number of anilines is 1. The fourth-order valence-electron chi connectivity index (χ4n) is 2.23. The van der Waals surface area contributed by atoms with Crippen molar-refractivity contribution in [3.8, 4) is 11.5 Å². The molecular weight excluding hydrogens is 316 g/mol. The number of rotatable bonds is 6. The highest BCUT2D eigenvalue weighted by molar-refractivity contribution is 5.91. The molecule has 0 spiro atoms. The van der Waals surface area contributed by atoms with Gasteiger partial charge in [0.05, 0.1) is 0 Å². The molecule has 126 valence electrons. The maximum absolute atomic E-state index is 11.5. The van der Waals surface area contributed by atoms with Gasteiger partial charge in [-0.25, -0.2) is 0 Å². The summed E-state index contributed by atoms with van der Waals surface area (Å²) in [6.45, 7) is 0.525. The Morgan fingerprint density at radius 1 is 0.960 bits per heavy atom. The molecule has 0 bridgehead atoms. The van der Waals surface area contributed by atoms with Gasteiger partial charge >= 0.3 is 0 Å². The molecule has 0 atom stereocenters. The zero-order valence-corrected chi connectivity index (χ0v) is 13.8. The van der Waals surface area contributed by atoms with Crippen molar-refractivity contribution in [1.29, 1.82) is 0 Å². The maximum atomic E-state index is 11.5. The molecule has 0 radical (unpaired) electrons. The van der Waals surface area contributed by atoms with Crippen molar-refractivity contribution >= 4 is 11.7 Å². The lowest BCUT2D eigenvalue weighted by Crippen LogP contribution is -2.19. The van der Waals surface area contributed by atoms with Crippen LogP contribution < -0.4 is 15.4 Å². The summed E-state index contributed by atoms with van der Waals surface area (Å²) < 4.78 is 5.93. The molecule has 0 aliphatic carbocycles. The number of nitrogens with one attached hydrogen (secondary N) is 2. The summed E-state index contributed by atoms with van der Waals surface area (Å²) in [6, 6.07) is 20.8. The third-order valence-corrected chi connectivity index (χ3v) is 3.53. The van der Waals surface area contributed by atoms with Crippen LogP contribution in [0.3, 0.4) is 0 Å². The monoisotopic (exact) mass is 334 g/mol. The van der Waals surface area contributed by atoms with E-state index < -0.39 is 0 Å². The van der Waals surface area contributed by atoms with Gasteiger partial charge < -0.3 is 15.4 Å². The van der Waals surface area contributed by atoms with E-state index in [1.807, 2.05) is 54.6 Å². The van der Waals surface area contributed by atoms with E-state index in [9.17, 15) is 4.79 Å². The number of aromatic nitrogens is 2. The first-order valence-electron chi connectivity index (χ1n) is 7.87. The largest absolute Gasteiger partial charge is 0.457 e. The lowest BCUT2D eigenvalue weighted by atomic mass is 10.2. The zero-order valence-electron chi connectivity index (χ0n) is 13.8. The molecule has 0 fully saturated rings. The molecule has 2 aromatic carbocycles. The zero-order chi connectivity index (χ0) is 17.5. The van der Waals surface area contributed by atoms with Gasteiger partial charge in [-0.15, -0.1) is 10.2 Å². The fraction of sp³-hybridized carbons (Fsp3) is 0.105. The lowest BCUT2D eigenvalue weighted by Gasteiger charge is -2.12. The summed E-state index contributed by atoms with van der Waals surface area (Å²) in [6.07, 6.45) is 0. The van der Waals surface area contributed by atoms with E-state index in [0.717, 1.165) is 17.1 Å². The second-order valence-electron chi connectivity index (χ2n) is 5.26. The van der Waals surface area contributed by atoms with Crippen LogP contribution in [0.5, 0.6) is 11.5 Å². The second kappa shape index (κ2) is 7.92. The minimum atomic E-state index is -0.263. The van der Waals surface area contributed by atoms with Crippen LogP contribution in [0, 0.1) is 0 Å². The van der Waals surface area contributed by atoms with Gasteiger partial charge in [-0.1, -0.05) is 36.4 Å². The number of ether oxygens (including phenoxy) is 1. The first kappa shape index (κ1) is 16.4. The number of carbonyl (C=O) groups is 1. The molecular formula is C19H18N4O2. The normalized spacial score (nSPS) is 10.1. The molecule has 25 heavy (non-hydrogen) atoms. The Morgan fingerprint density at radius 3 is 2.44 bits per heavy atom. The first-order valence-corrected chi connectivity index (χ1v) is 7.87. The third kappa shape index (κ3) is 4.32. The fourth-order valence-corrected chi connectivity index (χ4v) is 2.23. The van der Waals surface area contributed by atoms with Crippen LogP contribution in [-0.2, 0) is 6.54 Å². The van der Waals surface area contributed by atoms with Crippen LogP contribution in [0.25, 0.3) is 0 Å². The molecule has 6 heteroatoms. The van der Waals surface area contributed by atoms with Gasteiger partial charge in [0.15, 0.2) is 5.69 Å². The summed E-state index contributed by atoms with van der Waals surface area (Å²) in [5.74, 6) is 1.88. The van der Waals surface area contributed by atoms with E-state index in [1.54, 1.807) is 19.2 Å². The van der Waals surface area contributed by atoms with Crippen LogP contribution in [0.15, 0.2) is 66.7 Å². The lowest BCUT2D eigenvalue weighted by molar-refractivity contribution is 0.0957. The number of carbonyl (C=O) groups excluding carboxylic acids is 1. The Hall–Kier alpha value is -3.41. The van der Waals surface area contributed by atoms with Crippen molar-refractivity contribution in [1.82, 2.24) is 15.5 Å². The predicted molar refractivity (Wildman–Crippen MR) is 95.7 cm³/mol.